The summed E-state index contributed by atoms with van der Waals surface area (Å²) in [6.45, 7) is 6.12. The Morgan fingerprint density at radius 2 is 2.00 bits per heavy atom. The van der Waals surface area contributed by atoms with E-state index in [-0.39, 0.29) is 29.5 Å². The maximum Gasteiger partial charge on any atom is 0.253 e. The summed E-state index contributed by atoms with van der Waals surface area (Å²) in [5.41, 5.74) is 7.49. The maximum atomic E-state index is 12.8. The van der Waals surface area contributed by atoms with Crippen LogP contribution in [-0.4, -0.2) is 46.3 Å². The van der Waals surface area contributed by atoms with Crippen LogP contribution >= 0.6 is 0 Å². The number of nitrogens with zero attached hydrogens (tertiary/aromatic N) is 3. The van der Waals surface area contributed by atoms with Crippen molar-refractivity contribution in [3.63, 3.8) is 0 Å². The van der Waals surface area contributed by atoms with E-state index >= 15 is 0 Å². The largest absolute Gasteiger partial charge is 0.371 e. The van der Waals surface area contributed by atoms with Crippen LogP contribution in [0.4, 0.5) is 11.5 Å². The van der Waals surface area contributed by atoms with Crippen molar-refractivity contribution >= 4 is 17.4 Å². The van der Waals surface area contributed by atoms with E-state index in [1.165, 1.54) is 0 Å². The molecule has 2 aliphatic rings. The molecule has 1 unspecified atom stereocenters. The second-order valence-corrected chi connectivity index (χ2v) is 7.37. The highest BCUT2D eigenvalue weighted by molar-refractivity contribution is 6.00. The zero-order valence-electron chi connectivity index (χ0n) is 15.5. The van der Waals surface area contributed by atoms with Crippen molar-refractivity contribution < 1.29 is 4.79 Å². The Morgan fingerprint density at radius 1 is 1.22 bits per heavy atom. The first-order chi connectivity index (χ1) is 13.0. The third kappa shape index (κ3) is 3.47. The van der Waals surface area contributed by atoms with Crippen molar-refractivity contribution in [2.75, 3.05) is 29.9 Å². The summed E-state index contributed by atoms with van der Waals surface area (Å²) in [5.74, 6) is 0.652. The molecule has 0 saturated carbocycles. The summed E-state index contributed by atoms with van der Waals surface area (Å²) in [4.78, 5) is 29.8. The number of aromatic amines is 1. The highest BCUT2D eigenvalue weighted by Gasteiger charge is 2.33. The Kier molecular flexibility index (Phi) is 4.71. The van der Waals surface area contributed by atoms with E-state index < -0.39 is 0 Å². The number of pyridine rings is 1. The molecule has 2 fully saturated rings. The quantitative estimate of drug-likeness (QED) is 0.612. The van der Waals surface area contributed by atoms with Crippen LogP contribution in [0.1, 0.15) is 37.8 Å². The molecule has 9 nitrogen and oxygen atoms in total. The molecule has 2 aliphatic heterocycles. The molecule has 1 amide bonds. The van der Waals surface area contributed by atoms with Crippen LogP contribution in [0.25, 0.3) is 0 Å². The number of rotatable bonds is 5. The van der Waals surface area contributed by atoms with E-state index in [1.54, 1.807) is 11.1 Å². The van der Waals surface area contributed by atoms with Crippen LogP contribution in [0.15, 0.2) is 29.3 Å². The number of nitrogens with one attached hydrogen (secondary N) is 4. The van der Waals surface area contributed by atoms with E-state index in [2.05, 4.69) is 40.1 Å². The summed E-state index contributed by atoms with van der Waals surface area (Å²) in [7, 11) is 0. The normalized spacial score (nSPS) is 20.8. The third-order valence-corrected chi connectivity index (χ3v) is 5.15. The molecule has 27 heavy (non-hydrogen) atoms. The van der Waals surface area contributed by atoms with Gasteiger partial charge >= 0.3 is 0 Å². The lowest BCUT2D eigenvalue weighted by molar-refractivity contribution is -0.117. The Morgan fingerprint density at radius 3 is 2.67 bits per heavy atom. The van der Waals surface area contributed by atoms with Crippen molar-refractivity contribution in [1.29, 1.82) is 0 Å². The number of aromatic nitrogens is 3. The van der Waals surface area contributed by atoms with Gasteiger partial charge in [0, 0.05) is 43.4 Å². The Bertz CT molecular complexity index is 882. The molecule has 0 radical (unpaired) electrons. The Hall–Kier alpha value is -2.65. The number of hydrogen-bond donors (Lipinski definition) is 4. The van der Waals surface area contributed by atoms with E-state index in [0.29, 0.717) is 18.8 Å². The van der Waals surface area contributed by atoms with Gasteiger partial charge in [-0.3, -0.25) is 30.0 Å². The molecule has 4 N–H and O–H groups in total. The van der Waals surface area contributed by atoms with Gasteiger partial charge < -0.3 is 10.3 Å². The monoisotopic (exact) mass is 371 g/mol. The Labute approximate surface area is 157 Å². The maximum absolute atomic E-state index is 12.8. The molecule has 0 aliphatic carbocycles. The molecule has 4 rings (SSSR count). The molecule has 0 bridgehead atoms. The van der Waals surface area contributed by atoms with Gasteiger partial charge in [-0.15, -0.1) is 0 Å². The number of anilines is 2. The number of hydrogen-bond acceptors (Lipinski definition) is 6. The molecule has 1 atom stereocenters. The highest BCUT2D eigenvalue weighted by Crippen LogP contribution is 2.23. The number of carbonyl (C=O) groups is 1. The molecule has 2 saturated heterocycles. The van der Waals surface area contributed by atoms with Gasteiger partial charge in [0.15, 0.2) is 0 Å². The first-order valence-electron chi connectivity index (χ1n) is 9.34. The van der Waals surface area contributed by atoms with Crippen LogP contribution in [0.2, 0.25) is 0 Å². The molecule has 2 aromatic heterocycles. The van der Waals surface area contributed by atoms with Crippen LogP contribution in [0.3, 0.4) is 0 Å². The minimum Gasteiger partial charge on any atom is -0.371 e. The van der Waals surface area contributed by atoms with Gasteiger partial charge in [-0.25, -0.2) is 0 Å². The molecule has 9 heteroatoms. The SMILES string of the molecule is CC(C)n1cc(NC2CCN(c3ccc(C4CNNC4)c(=O)[nH]3)C2=O)cn1. The van der Waals surface area contributed by atoms with Crippen molar-refractivity contribution in [3.8, 4) is 0 Å². The predicted molar refractivity (Wildman–Crippen MR) is 103 cm³/mol. The lowest BCUT2D eigenvalue weighted by atomic mass is 10.0. The highest BCUT2D eigenvalue weighted by atomic mass is 16.2. The second kappa shape index (κ2) is 7.16. The topological polar surface area (TPSA) is 107 Å². The fourth-order valence-electron chi connectivity index (χ4n) is 3.59. The summed E-state index contributed by atoms with van der Waals surface area (Å²) < 4.78 is 1.85. The van der Waals surface area contributed by atoms with E-state index in [9.17, 15) is 9.59 Å². The molecule has 144 valence electrons. The summed E-state index contributed by atoms with van der Waals surface area (Å²) in [5, 5.41) is 7.54. The number of carbonyl (C=O) groups excluding carboxylic acids is 1. The minimum atomic E-state index is -0.318. The minimum absolute atomic E-state index is 0.0418. The molecular formula is C18H25N7O2. The fraction of sp³-hybridized carbons (Fsp3) is 0.500. The van der Waals surface area contributed by atoms with Crippen molar-refractivity contribution in [3.05, 3.63) is 40.4 Å². The van der Waals surface area contributed by atoms with Gasteiger partial charge in [0.2, 0.25) is 0 Å². The molecule has 0 spiro atoms. The van der Waals surface area contributed by atoms with Crippen LogP contribution in [0, 0.1) is 0 Å². The number of H-pyrrole nitrogens is 1. The standard InChI is InChI=1S/C18H25N7O2/c1-11(2)25-10-13(9-21-25)22-15-5-6-24(18(15)27)16-4-3-14(17(26)23-16)12-7-19-20-8-12/h3-4,9-12,15,19-20,22H,5-8H2,1-2H3,(H,23,26). The van der Waals surface area contributed by atoms with Gasteiger partial charge in [0.05, 0.1) is 11.9 Å². The first-order valence-corrected chi connectivity index (χ1v) is 9.34. The van der Waals surface area contributed by atoms with Crippen LogP contribution in [-0.2, 0) is 4.79 Å². The average Bonchev–Trinajstić information content (AvgIpc) is 3.38. The zero-order valence-corrected chi connectivity index (χ0v) is 15.5. The van der Waals surface area contributed by atoms with Gasteiger partial charge in [-0.2, -0.15) is 5.10 Å². The fourth-order valence-corrected chi connectivity index (χ4v) is 3.59. The Balaban J connectivity index is 1.46. The van der Waals surface area contributed by atoms with Gasteiger partial charge in [-0.1, -0.05) is 0 Å². The molecule has 2 aromatic rings. The molecule has 0 aromatic carbocycles. The lowest BCUT2D eigenvalue weighted by Gasteiger charge is -2.18. The molecular weight excluding hydrogens is 346 g/mol. The number of amides is 1. The smallest absolute Gasteiger partial charge is 0.253 e. The second-order valence-electron chi connectivity index (χ2n) is 7.37. The number of hydrazine groups is 1. The van der Waals surface area contributed by atoms with Crippen LogP contribution < -0.4 is 26.6 Å². The zero-order chi connectivity index (χ0) is 19.0. The van der Waals surface area contributed by atoms with Crippen molar-refractivity contribution in [2.24, 2.45) is 0 Å². The molecule has 4 heterocycles. The van der Waals surface area contributed by atoms with Gasteiger partial charge in [0.25, 0.3) is 11.5 Å². The summed E-state index contributed by atoms with van der Waals surface area (Å²) in [6, 6.07) is 3.60. The average molecular weight is 371 g/mol. The van der Waals surface area contributed by atoms with Gasteiger partial charge in [0.1, 0.15) is 11.9 Å². The third-order valence-electron chi connectivity index (χ3n) is 5.15. The van der Waals surface area contributed by atoms with E-state index in [0.717, 1.165) is 24.3 Å². The summed E-state index contributed by atoms with van der Waals surface area (Å²) in [6.07, 6.45) is 4.31. The van der Waals surface area contributed by atoms with Gasteiger partial charge in [-0.05, 0) is 32.4 Å². The van der Waals surface area contributed by atoms with Crippen molar-refractivity contribution in [2.45, 2.75) is 38.3 Å². The van der Waals surface area contributed by atoms with Crippen molar-refractivity contribution in [1.82, 2.24) is 25.6 Å². The van der Waals surface area contributed by atoms with Crippen LogP contribution in [0.5, 0.6) is 0 Å². The summed E-state index contributed by atoms with van der Waals surface area (Å²) >= 11 is 0. The first kappa shape index (κ1) is 17.7. The van der Waals surface area contributed by atoms with E-state index in [4.69, 9.17) is 0 Å². The predicted octanol–water partition coefficient (Wildman–Crippen LogP) is 0.561. The lowest BCUT2D eigenvalue weighted by Crippen LogP contribution is -2.35. The van der Waals surface area contributed by atoms with E-state index in [1.807, 2.05) is 23.0 Å².